The topological polar surface area (TPSA) is 60.5 Å². The maximum atomic E-state index is 13.1. The van der Waals surface area contributed by atoms with Crippen LogP contribution in [0.1, 0.15) is 45.7 Å². The molecule has 1 amide bonds. The number of hydrogen-bond donors (Lipinski definition) is 1. The van der Waals surface area contributed by atoms with Gasteiger partial charge in [0.1, 0.15) is 22.6 Å². The molecule has 0 aliphatic heterocycles. The van der Waals surface area contributed by atoms with Gasteiger partial charge in [-0.2, -0.15) is 13.2 Å². The van der Waals surface area contributed by atoms with Gasteiger partial charge in [-0.05, 0) is 68.1 Å². The van der Waals surface area contributed by atoms with E-state index in [1.54, 1.807) is 20.8 Å². The number of amides is 1. The van der Waals surface area contributed by atoms with Crippen molar-refractivity contribution >= 4 is 22.0 Å². The Hall–Kier alpha value is -1.51. The fourth-order valence-electron chi connectivity index (χ4n) is 2.39. The number of nitrogens with one attached hydrogen (secondary N) is 1. The van der Waals surface area contributed by atoms with Crippen LogP contribution >= 0.6 is 15.9 Å². The molecule has 25 heavy (non-hydrogen) atoms. The maximum Gasteiger partial charge on any atom is 0.437 e. The standard InChI is InChI=1S/C16H20BrF3N2O3/c1-14(2,3)25-13(23)22-15(7-4-8-15)9-24-10-5-6-11(17)21-12(10)16(18,19)20/h5-6H,4,7-9H2,1-3H3,(H,22,23). The summed E-state index contributed by atoms with van der Waals surface area (Å²) in [5, 5.41) is 2.73. The second-order valence-corrected chi connectivity index (χ2v) is 7.84. The average Bonchev–Trinajstić information content (AvgIpc) is 2.39. The number of rotatable bonds is 4. The summed E-state index contributed by atoms with van der Waals surface area (Å²) >= 11 is 2.92. The van der Waals surface area contributed by atoms with Gasteiger partial charge in [0.05, 0.1) is 5.54 Å². The third-order valence-corrected chi connectivity index (χ3v) is 4.12. The minimum absolute atomic E-state index is 0.0670. The van der Waals surface area contributed by atoms with Gasteiger partial charge in [-0.25, -0.2) is 9.78 Å². The molecule has 0 radical (unpaired) electrons. The molecule has 2 rings (SSSR count). The molecule has 1 aromatic rings. The average molecular weight is 425 g/mol. The molecule has 1 heterocycles. The van der Waals surface area contributed by atoms with E-state index in [0.29, 0.717) is 12.8 Å². The largest absolute Gasteiger partial charge is 0.489 e. The smallest absolute Gasteiger partial charge is 0.437 e. The number of nitrogens with zero attached hydrogens (tertiary/aromatic N) is 1. The van der Waals surface area contributed by atoms with E-state index in [1.807, 2.05) is 0 Å². The van der Waals surface area contributed by atoms with Crippen LogP contribution in [-0.4, -0.2) is 28.8 Å². The number of pyridine rings is 1. The summed E-state index contributed by atoms with van der Waals surface area (Å²) in [5.41, 5.74) is -2.48. The lowest BCUT2D eigenvalue weighted by molar-refractivity contribution is -0.143. The van der Waals surface area contributed by atoms with Crippen molar-refractivity contribution in [2.75, 3.05) is 6.61 Å². The summed E-state index contributed by atoms with van der Waals surface area (Å²) in [4.78, 5) is 15.4. The normalized spacial score (nSPS) is 16.8. The molecule has 5 nitrogen and oxygen atoms in total. The predicted octanol–water partition coefficient (Wildman–Crippen LogP) is 4.69. The van der Waals surface area contributed by atoms with Crippen LogP contribution in [0.4, 0.5) is 18.0 Å². The van der Waals surface area contributed by atoms with Crippen molar-refractivity contribution in [1.29, 1.82) is 0 Å². The van der Waals surface area contributed by atoms with Crippen molar-refractivity contribution in [3.8, 4) is 5.75 Å². The lowest BCUT2D eigenvalue weighted by Gasteiger charge is -2.42. The fraction of sp³-hybridized carbons (Fsp3) is 0.625. The Morgan fingerprint density at radius 2 is 1.96 bits per heavy atom. The first kappa shape index (κ1) is 19.8. The van der Waals surface area contributed by atoms with Gasteiger partial charge in [-0.3, -0.25) is 0 Å². The van der Waals surface area contributed by atoms with Crippen LogP contribution in [0.25, 0.3) is 0 Å². The summed E-state index contributed by atoms with van der Waals surface area (Å²) in [7, 11) is 0. The van der Waals surface area contributed by atoms with Crippen molar-refractivity contribution in [2.45, 2.75) is 57.3 Å². The second kappa shape index (κ2) is 7.01. The summed E-state index contributed by atoms with van der Waals surface area (Å²) in [5.74, 6) is -0.368. The van der Waals surface area contributed by atoms with Crippen molar-refractivity contribution in [2.24, 2.45) is 0 Å². The van der Waals surface area contributed by atoms with Crippen LogP contribution in [0.3, 0.4) is 0 Å². The minimum atomic E-state index is -4.63. The molecule has 1 saturated carbocycles. The number of hydrogen-bond acceptors (Lipinski definition) is 4. The molecule has 0 saturated heterocycles. The Morgan fingerprint density at radius 1 is 1.32 bits per heavy atom. The third kappa shape index (κ3) is 5.49. The Kier molecular flexibility index (Phi) is 5.56. The van der Waals surface area contributed by atoms with Gasteiger partial charge in [0.25, 0.3) is 0 Å². The van der Waals surface area contributed by atoms with E-state index in [4.69, 9.17) is 9.47 Å². The zero-order valence-corrected chi connectivity index (χ0v) is 15.8. The molecular formula is C16H20BrF3N2O3. The van der Waals surface area contributed by atoms with E-state index in [0.717, 1.165) is 6.42 Å². The van der Waals surface area contributed by atoms with Crippen LogP contribution in [0.2, 0.25) is 0 Å². The molecule has 1 aliphatic carbocycles. The van der Waals surface area contributed by atoms with E-state index < -0.39 is 29.1 Å². The minimum Gasteiger partial charge on any atom is -0.489 e. The summed E-state index contributed by atoms with van der Waals surface area (Å²) in [6.07, 6.45) is -3.18. The molecule has 1 aromatic heterocycles. The number of carbonyl (C=O) groups excluding carboxylic acids is 1. The van der Waals surface area contributed by atoms with Crippen molar-refractivity contribution in [1.82, 2.24) is 10.3 Å². The van der Waals surface area contributed by atoms with Gasteiger partial charge in [-0.1, -0.05) is 0 Å². The lowest BCUT2D eigenvalue weighted by Crippen LogP contribution is -2.58. The molecule has 1 N–H and O–H groups in total. The lowest BCUT2D eigenvalue weighted by atomic mass is 9.77. The van der Waals surface area contributed by atoms with Crippen molar-refractivity contribution in [3.05, 3.63) is 22.4 Å². The predicted molar refractivity (Wildman–Crippen MR) is 88.4 cm³/mol. The van der Waals surface area contributed by atoms with Gasteiger partial charge in [0, 0.05) is 0 Å². The zero-order valence-electron chi connectivity index (χ0n) is 14.2. The van der Waals surface area contributed by atoms with Gasteiger partial charge >= 0.3 is 12.3 Å². The van der Waals surface area contributed by atoms with E-state index >= 15 is 0 Å². The van der Waals surface area contributed by atoms with Crippen LogP contribution < -0.4 is 10.1 Å². The second-order valence-electron chi connectivity index (χ2n) is 7.03. The van der Waals surface area contributed by atoms with Crippen LogP contribution in [0, 0.1) is 0 Å². The molecule has 1 aliphatic rings. The number of aromatic nitrogens is 1. The number of carbonyl (C=O) groups is 1. The van der Waals surface area contributed by atoms with Gasteiger partial charge in [0.2, 0.25) is 0 Å². The van der Waals surface area contributed by atoms with Gasteiger partial charge in [-0.15, -0.1) is 0 Å². The van der Waals surface area contributed by atoms with Crippen LogP contribution in [-0.2, 0) is 10.9 Å². The first-order chi connectivity index (χ1) is 11.4. The highest BCUT2D eigenvalue weighted by atomic mass is 79.9. The Labute approximate surface area is 152 Å². The highest BCUT2D eigenvalue weighted by Crippen LogP contribution is 2.38. The van der Waals surface area contributed by atoms with E-state index in [2.05, 4.69) is 26.2 Å². The maximum absolute atomic E-state index is 13.1. The molecule has 0 atom stereocenters. The number of halogens is 4. The number of ether oxygens (including phenoxy) is 2. The highest BCUT2D eigenvalue weighted by molar-refractivity contribution is 9.10. The molecule has 9 heteroatoms. The van der Waals surface area contributed by atoms with Gasteiger partial charge < -0.3 is 14.8 Å². The van der Waals surface area contributed by atoms with E-state index in [-0.39, 0.29) is 17.0 Å². The monoisotopic (exact) mass is 424 g/mol. The quantitative estimate of drug-likeness (QED) is 0.712. The SMILES string of the molecule is CC(C)(C)OC(=O)NC1(COc2ccc(Br)nc2C(F)(F)F)CCC1. The fourth-order valence-corrected chi connectivity index (χ4v) is 2.70. The molecule has 0 spiro atoms. The molecule has 0 unspecified atom stereocenters. The van der Waals surface area contributed by atoms with Crippen molar-refractivity contribution < 1.29 is 27.4 Å². The van der Waals surface area contributed by atoms with E-state index in [1.165, 1.54) is 12.1 Å². The summed E-state index contributed by atoms with van der Waals surface area (Å²) in [6, 6.07) is 2.58. The first-order valence-corrected chi connectivity index (χ1v) is 8.57. The molecular weight excluding hydrogens is 405 g/mol. The number of alkyl halides is 3. The summed E-state index contributed by atoms with van der Waals surface area (Å²) < 4.78 is 49.9. The number of alkyl carbamates (subject to hydrolysis) is 1. The molecule has 1 fully saturated rings. The van der Waals surface area contributed by atoms with Crippen molar-refractivity contribution in [3.63, 3.8) is 0 Å². The summed E-state index contributed by atoms with van der Waals surface area (Å²) in [6.45, 7) is 5.12. The van der Waals surface area contributed by atoms with Gasteiger partial charge in [0.15, 0.2) is 5.69 Å². The Balaban J connectivity index is 2.08. The molecule has 0 bridgehead atoms. The Bertz CT molecular complexity index is 640. The van der Waals surface area contributed by atoms with Crippen LogP contribution in [0.5, 0.6) is 5.75 Å². The van der Waals surface area contributed by atoms with E-state index in [9.17, 15) is 18.0 Å². The molecule has 0 aromatic carbocycles. The third-order valence-electron chi connectivity index (χ3n) is 3.67. The first-order valence-electron chi connectivity index (χ1n) is 7.78. The molecule has 140 valence electrons. The highest BCUT2D eigenvalue weighted by Gasteiger charge is 2.42. The zero-order chi connectivity index (χ0) is 18.9. The van der Waals surface area contributed by atoms with Crippen LogP contribution in [0.15, 0.2) is 16.7 Å². The Morgan fingerprint density at radius 3 is 2.44 bits per heavy atom.